The Balaban J connectivity index is 0.00000256. The van der Waals surface area contributed by atoms with Gasteiger partial charge in [-0.05, 0) is 31.0 Å². The van der Waals surface area contributed by atoms with Crippen LogP contribution in [0.4, 0.5) is 5.69 Å². The minimum atomic E-state index is -3.60. The van der Waals surface area contributed by atoms with Gasteiger partial charge >= 0.3 is 0 Å². The predicted octanol–water partition coefficient (Wildman–Crippen LogP) is 1.12. The smallest absolute Gasteiger partial charge is 0.234 e. The summed E-state index contributed by atoms with van der Waals surface area (Å²) in [5.74, 6) is 5.62. The van der Waals surface area contributed by atoms with Crippen molar-refractivity contribution in [3.8, 4) is 0 Å². The molecule has 0 saturated heterocycles. The van der Waals surface area contributed by atoms with Gasteiger partial charge in [0.05, 0.1) is 5.69 Å². The lowest BCUT2D eigenvalue weighted by molar-refractivity contribution is 0.611. The largest absolute Gasteiger partial charge is 0.344 e. The molecule has 1 aromatic rings. The molecule has 0 unspecified atom stereocenters. The Morgan fingerprint density at radius 1 is 1.35 bits per heavy atom. The molecule has 0 atom stereocenters. The number of hydrogen-bond acceptors (Lipinski definition) is 5. The number of rotatable bonds is 1. The minimum absolute atomic E-state index is 0. The Morgan fingerprint density at radius 2 is 1.88 bits per heavy atom. The summed E-state index contributed by atoms with van der Waals surface area (Å²) in [6.07, 6.45) is 0.959. The van der Waals surface area contributed by atoms with Crippen LogP contribution in [0.5, 0.6) is 0 Å². The molecular formula is C10H18N4O2S. The number of anilines is 1. The highest BCUT2D eigenvalue weighted by atomic mass is 32.2. The van der Waals surface area contributed by atoms with Gasteiger partial charge in [-0.15, -0.1) is 0 Å². The molecule has 0 amide bonds. The van der Waals surface area contributed by atoms with Crippen LogP contribution in [0, 0.1) is 19.3 Å². The molecule has 0 spiro atoms. The van der Waals surface area contributed by atoms with Crippen molar-refractivity contribution in [2.24, 2.45) is 5.84 Å². The van der Waals surface area contributed by atoms with Crippen LogP contribution in [0.3, 0.4) is 0 Å². The van der Waals surface area contributed by atoms with E-state index >= 15 is 0 Å². The fraction of sp³-hybridized carbons (Fsp3) is 0.300. The third kappa shape index (κ3) is 3.52. The van der Waals surface area contributed by atoms with Gasteiger partial charge < -0.3 is 6.15 Å². The lowest BCUT2D eigenvalue weighted by Gasteiger charge is -2.20. The molecule has 0 saturated carbocycles. The standard InChI is InChI=1S/C10H15N3O2S.H3N/c1-7-4-5-8(2)9(6-7)13(12)10(11)16(3,14)15;/h4-6,11H,12H2,1-3H3;1H3. The third-order valence-corrected chi connectivity index (χ3v) is 3.09. The molecule has 0 aliphatic rings. The Kier molecular flexibility index (Phi) is 4.81. The number of aryl methyl sites for hydroxylation is 2. The van der Waals surface area contributed by atoms with Crippen molar-refractivity contribution < 1.29 is 8.42 Å². The van der Waals surface area contributed by atoms with Crippen LogP contribution in [0.1, 0.15) is 11.1 Å². The van der Waals surface area contributed by atoms with Crippen molar-refractivity contribution in [1.29, 1.82) is 5.41 Å². The summed E-state index contributed by atoms with van der Waals surface area (Å²) < 4.78 is 22.4. The molecule has 1 rings (SSSR count). The highest BCUT2D eigenvalue weighted by molar-refractivity contribution is 8.05. The second-order valence-electron chi connectivity index (χ2n) is 3.74. The van der Waals surface area contributed by atoms with Gasteiger partial charge in [-0.1, -0.05) is 12.1 Å². The predicted molar refractivity (Wildman–Crippen MR) is 70.2 cm³/mol. The molecule has 0 aliphatic carbocycles. The van der Waals surface area contributed by atoms with Gasteiger partial charge in [0.1, 0.15) is 0 Å². The number of sulfone groups is 1. The van der Waals surface area contributed by atoms with Gasteiger partial charge in [0.2, 0.25) is 15.0 Å². The zero-order valence-corrected chi connectivity index (χ0v) is 11.0. The van der Waals surface area contributed by atoms with E-state index in [-0.39, 0.29) is 6.15 Å². The van der Waals surface area contributed by atoms with Crippen molar-refractivity contribution in [3.05, 3.63) is 29.3 Å². The summed E-state index contributed by atoms with van der Waals surface area (Å²) in [5.41, 5.74) is 2.30. The fourth-order valence-electron chi connectivity index (χ4n) is 1.27. The van der Waals surface area contributed by atoms with Crippen LogP contribution in [-0.2, 0) is 9.84 Å². The van der Waals surface area contributed by atoms with Crippen LogP contribution >= 0.6 is 0 Å². The van der Waals surface area contributed by atoms with E-state index in [0.717, 1.165) is 22.4 Å². The summed E-state index contributed by atoms with van der Waals surface area (Å²) >= 11 is 0. The zero-order chi connectivity index (χ0) is 12.5. The number of hydrogen-bond donors (Lipinski definition) is 3. The average Bonchev–Trinajstić information content (AvgIpc) is 2.18. The molecule has 0 fully saturated rings. The summed E-state index contributed by atoms with van der Waals surface area (Å²) in [6, 6.07) is 5.48. The SMILES string of the molecule is Cc1ccc(C)c(N(N)C(=N)S(C)(=O)=O)c1.N. The molecule has 0 heterocycles. The fourth-order valence-corrected chi connectivity index (χ4v) is 1.72. The maximum absolute atomic E-state index is 11.2. The molecule has 17 heavy (non-hydrogen) atoms. The lowest BCUT2D eigenvalue weighted by Crippen LogP contribution is -2.41. The van der Waals surface area contributed by atoms with Gasteiger partial charge in [-0.2, -0.15) is 0 Å². The van der Waals surface area contributed by atoms with Crippen LogP contribution in [0.25, 0.3) is 0 Å². The molecule has 0 radical (unpaired) electrons. The van der Waals surface area contributed by atoms with Gasteiger partial charge in [0.25, 0.3) is 0 Å². The summed E-state index contributed by atoms with van der Waals surface area (Å²) in [4.78, 5) is 0. The van der Waals surface area contributed by atoms with Crippen molar-refractivity contribution in [2.75, 3.05) is 11.3 Å². The number of nitrogens with zero attached hydrogens (tertiary/aromatic N) is 1. The number of benzene rings is 1. The molecular weight excluding hydrogens is 240 g/mol. The van der Waals surface area contributed by atoms with Gasteiger partial charge in [-0.3, -0.25) is 10.4 Å². The van der Waals surface area contributed by atoms with Crippen molar-refractivity contribution in [2.45, 2.75) is 13.8 Å². The summed E-state index contributed by atoms with van der Waals surface area (Å²) in [7, 11) is -3.60. The average molecular weight is 258 g/mol. The second kappa shape index (κ2) is 5.26. The quantitative estimate of drug-likeness (QED) is 0.301. The van der Waals surface area contributed by atoms with Gasteiger partial charge in [-0.25, -0.2) is 14.3 Å². The topological polar surface area (TPSA) is 122 Å². The second-order valence-corrected chi connectivity index (χ2v) is 5.67. The normalized spacial score (nSPS) is 10.6. The number of hydrazine groups is 1. The van der Waals surface area contributed by atoms with Crippen molar-refractivity contribution in [3.63, 3.8) is 0 Å². The van der Waals surface area contributed by atoms with Crippen molar-refractivity contribution >= 4 is 20.7 Å². The Hall–Kier alpha value is -1.44. The maximum atomic E-state index is 11.2. The number of amidine groups is 1. The van der Waals surface area contributed by atoms with E-state index in [2.05, 4.69) is 0 Å². The number of nitrogens with two attached hydrogens (primary N) is 1. The highest BCUT2D eigenvalue weighted by Crippen LogP contribution is 2.20. The van der Waals surface area contributed by atoms with Crippen LogP contribution in [0.2, 0.25) is 0 Å². The van der Waals surface area contributed by atoms with Crippen LogP contribution in [0.15, 0.2) is 18.2 Å². The molecule has 0 bridgehead atoms. The van der Waals surface area contributed by atoms with Crippen molar-refractivity contribution in [1.82, 2.24) is 6.15 Å². The van der Waals surface area contributed by atoms with E-state index < -0.39 is 15.0 Å². The number of nitrogens with one attached hydrogen (secondary N) is 1. The Morgan fingerprint density at radius 3 is 2.35 bits per heavy atom. The zero-order valence-electron chi connectivity index (χ0n) is 10.2. The first-order valence-electron chi connectivity index (χ1n) is 4.64. The first-order valence-corrected chi connectivity index (χ1v) is 6.53. The Bertz CT molecular complexity index is 525. The minimum Gasteiger partial charge on any atom is -0.344 e. The maximum Gasteiger partial charge on any atom is 0.234 e. The molecule has 7 heteroatoms. The van der Waals surface area contributed by atoms with Crippen LogP contribution < -0.4 is 17.0 Å². The van der Waals surface area contributed by atoms with E-state index in [9.17, 15) is 8.42 Å². The van der Waals surface area contributed by atoms with Gasteiger partial charge in [0.15, 0.2) is 0 Å². The first kappa shape index (κ1) is 15.6. The summed E-state index contributed by atoms with van der Waals surface area (Å²) in [6.45, 7) is 3.69. The third-order valence-electron chi connectivity index (χ3n) is 2.19. The summed E-state index contributed by atoms with van der Waals surface area (Å²) in [5, 5.41) is 7.74. The monoisotopic (exact) mass is 258 g/mol. The van der Waals surface area contributed by atoms with Gasteiger partial charge in [0, 0.05) is 6.26 Å². The Labute approximate surface area is 101 Å². The highest BCUT2D eigenvalue weighted by Gasteiger charge is 2.19. The van der Waals surface area contributed by atoms with E-state index in [1.807, 2.05) is 26.0 Å². The first-order chi connectivity index (χ1) is 7.23. The van der Waals surface area contributed by atoms with E-state index in [4.69, 9.17) is 11.3 Å². The van der Waals surface area contributed by atoms with E-state index in [1.54, 1.807) is 6.07 Å². The molecule has 0 aromatic heterocycles. The van der Waals surface area contributed by atoms with E-state index in [1.165, 1.54) is 0 Å². The molecule has 1 aromatic carbocycles. The molecule has 96 valence electrons. The van der Waals surface area contributed by atoms with E-state index in [0.29, 0.717) is 5.69 Å². The molecule has 6 N–H and O–H groups in total. The molecule has 6 nitrogen and oxygen atoms in total. The lowest BCUT2D eigenvalue weighted by atomic mass is 10.1. The molecule has 0 aliphatic heterocycles. The van der Waals surface area contributed by atoms with Crippen LogP contribution in [-0.4, -0.2) is 19.8 Å².